The standard InChI is InChI=1S/C13H18N4S/c1-3-14-8-12-10-18-13(16-12)17(2)9-11-6-4-5-7-15-11/h4-7,10,14H,3,8-9H2,1-2H3. The largest absolute Gasteiger partial charge is 0.345 e. The first-order valence-electron chi connectivity index (χ1n) is 6.05. The number of hydrogen-bond acceptors (Lipinski definition) is 5. The molecule has 0 saturated carbocycles. The van der Waals surface area contributed by atoms with Gasteiger partial charge in [-0.25, -0.2) is 4.98 Å². The lowest BCUT2D eigenvalue weighted by molar-refractivity contribution is 0.713. The van der Waals surface area contributed by atoms with Crippen molar-refractivity contribution in [2.24, 2.45) is 0 Å². The summed E-state index contributed by atoms with van der Waals surface area (Å²) in [7, 11) is 2.05. The second kappa shape index (κ2) is 6.47. The smallest absolute Gasteiger partial charge is 0.185 e. The van der Waals surface area contributed by atoms with Gasteiger partial charge in [0.15, 0.2) is 5.13 Å². The highest BCUT2D eigenvalue weighted by atomic mass is 32.1. The molecule has 0 aliphatic rings. The number of rotatable bonds is 6. The zero-order valence-corrected chi connectivity index (χ0v) is 11.6. The number of thiazole rings is 1. The Morgan fingerprint density at radius 2 is 2.22 bits per heavy atom. The number of nitrogens with one attached hydrogen (secondary N) is 1. The van der Waals surface area contributed by atoms with Crippen LogP contribution in [0.1, 0.15) is 18.3 Å². The highest BCUT2D eigenvalue weighted by molar-refractivity contribution is 7.13. The zero-order chi connectivity index (χ0) is 12.8. The third kappa shape index (κ3) is 3.51. The fourth-order valence-electron chi connectivity index (χ4n) is 1.61. The molecule has 0 aliphatic carbocycles. The summed E-state index contributed by atoms with van der Waals surface area (Å²) >= 11 is 1.67. The second-order valence-corrected chi connectivity index (χ2v) is 4.92. The summed E-state index contributed by atoms with van der Waals surface area (Å²) in [5, 5.41) is 6.42. The summed E-state index contributed by atoms with van der Waals surface area (Å²) in [6.45, 7) is 4.69. The molecule has 0 saturated heterocycles. The Morgan fingerprint density at radius 1 is 1.33 bits per heavy atom. The molecule has 0 aliphatic heterocycles. The minimum absolute atomic E-state index is 0.787. The molecule has 0 aromatic carbocycles. The third-order valence-corrected chi connectivity index (χ3v) is 3.55. The molecule has 0 radical (unpaired) electrons. The van der Waals surface area contributed by atoms with Crippen LogP contribution in [-0.2, 0) is 13.1 Å². The summed E-state index contributed by atoms with van der Waals surface area (Å²) in [6.07, 6.45) is 1.82. The molecule has 2 aromatic heterocycles. The first-order chi connectivity index (χ1) is 8.79. The Hall–Kier alpha value is -1.46. The highest BCUT2D eigenvalue weighted by Crippen LogP contribution is 2.20. The molecule has 2 rings (SSSR count). The average Bonchev–Trinajstić information content (AvgIpc) is 2.86. The van der Waals surface area contributed by atoms with Gasteiger partial charge in [-0.3, -0.25) is 4.98 Å². The Morgan fingerprint density at radius 3 is 2.94 bits per heavy atom. The van der Waals surface area contributed by atoms with Crippen LogP contribution in [0.5, 0.6) is 0 Å². The minimum atomic E-state index is 0.787. The van der Waals surface area contributed by atoms with E-state index in [-0.39, 0.29) is 0 Å². The Balaban J connectivity index is 1.96. The molecule has 2 heterocycles. The summed E-state index contributed by atoms with van der Waals surface area (Å²) in [4.78, 5) is 11.0. The number of hydrogen-bond donors (Lipinski definition) is 1. The van der Waals surface area contributed by atoms with Crippen LogP contribution in [0.15, 0.2) is 29.8 Å². The van der Waals surface area contributed by atoms with Gasteiger partial charge >= 0.3 is 0 Å². The Bertz CT molecular complexity index is 469. The maximum absolute atomic E-state index is 4.60. The SMILES string of the molecule is CCNCc1csc(N(C)Cc2ccccn2)n1. The third-order valence-electron chi connectivity index (χ3n) is 2.55. The number of nitrogens with zero attached hydrogens (tertiary/aromatic N) is 3. The van der Waals surface area contributed by atoms with Crippen LogP contribution in [0.3, 0.4) is 0 Å². The normalized spacial score (nSPS) is 10.6. The second-order valence-electron chi connectivity index (χ2n) is 4.08. The fourth-order valence-corrected chi connectivity index (χ4v) is 2.40. The van der Waals surface area contributed by atoms with Gasteiger partial charge in [0.25, 0.3) is 0 Å². The molecule has 4 nitrogen and oxygen atoms in total. The summed E-state index contributed by atoms with van der Waals surface area (Å²) in [6, 6.07) is 5.97. The lowest BCUT2D eigenvalue weighted by atomic mass is 10.3. The van der Waals surface area contributed by atoms with E-state index in [1.165, 1.54) is 0 Å². The van der Waals surface area contributed by atoms with E-state index in [1.807, 2.05) is 31.4 Å². The van der Waals surface area contributed by atoms with Gasteiger partial charge in [0, 0.05) is 25.2 Å². The molecule has 0 spiro atoms. The molecule has 2 aromatic rings. The van der Waals surface area contributed by atoms with Gasteiger partial charge in [-0.05, 0) is 18.7 Å². The van der Waals surface area contributed by atoms with Crippen LogP contribution < -0.4 is 10.2 Å². The zero-order valence-electron chi connectivity index (χ0n) is 10.8. The van der Waals surface area contributed by atoms with Crippen LogP contribution in [0.2, 0.25) is 0 Å². The van der Waals surface area contributed by atoms with E-state index < -0.39 is 0 Å². The van der Waals surface area contributed by atoms with E-state index in [0.717, 1.165) is 36.2 Å². The van der Waals surface area contributed by atoms with Gasteiger partial charge in [-0.15, -0.1) is 11.3 Å². The van der Waals surface area contributed by atoms with E-state index in [0.29, 0.717) is 0 Å². The van der Waals surface area contributed by atoms with E-state index in [4.69, 9.17) is 0 Å². The lowest BCUT2D eigenvalue weighted by Gasteiger charge is -2.14. The van der Waals surface area contributed by atoms with Crippen molar-refractivity contribution in [2.75, 3.05) is 18.5 Å². The minimum Gasteiger partial charge on any atom is -0.345 e. The van der Waals surface area contributed by atoms with Crippen molar-refractivity contribution in [1.82, 2.24) is 15.3 Å². The van der Waals surface area contributed by atoms with Crippen molar-refractivity contribution < 1.29 is 0 Å². The van der Waals surface area contributed by atoms with E-state index in [2.05, 4.69) is 32.5 Å². The maximum Gasteiger partial charge on any atom is 0.185 e. The van der Waals surface area contributed by atoms with Gasteiger partial charge in [0.05, 0.1) is 17.9 Å². The number of anilines is 1. The lowest BCUT2D eigenvalue weighted by Crippen LogP contribution is -2.17. The van der Waals surface area contributed by atoms with Gasteiger partial charge in [-0.2, -0.15) is 0 Å². The summed E-state index contributed by atoms with van der Waals surface area (Å²) < 4.78 is 0. The highest BCUT2D eigenvalue weighted by Gasteiger charge is 2.07. The number of aromatic nitrogens is 2. The molecule has 96 valence electrons. The van der Waals surface area contributed by atoms with Crippen molar-refractivity contribution in [2.45, 2.75) is 20.0 Å². The molecule has 0 atom stereocenters. The van der Waals surface area contributed by atoms with Gasteiger partial charge < -0.3 is 10.2 Å². The Labute approximate surface area is 112 Å². The molecule has 0 amide bonds. The van der Waals surface area contributed by atoms with Gasteiger partial charge in [0.2, 0.25) is 0 Å². The molecule has 1 N–H and O–H groups in total. The van der Waals surface area contributed by atoms with E-state index in [1.54, 1.807) is 11.3 Å². The van der Waals surface area contributed by atoms with E-state index in [9.17, 15) is 0 Å². The van der Waals surface area contributed by atoms with Crippen LogP contribution in [-0.4, -0.2) is 23.6 Å². The first kappa shape index (κ1) is 13.0. The molecular weight excluding hydrogens is 244 g/mol. The molecular formula is C13H18N4S. The summed E-state index contributed by atoms with van der Waals surface area (Å²) in [5.74, 6) is 0. The molecule has 5 heteroatoms. The van der Waals surface area contributed by atoms with Gasteiger partial charge in [0.1, 0.15) is 0 Å². The number of pyridine rings is 1. The van der Waals surface area contributed by atoms with Crippen molar-refractivity contribution in [3.63, 3.8) is 0 Å². The van der Waals surface area contributed by atoms with Crippen molar-refractivity contribution in [3.05, 3.63) is 41.2 Å². The van der Waals surface area contributed by atoms with E-state index >= 15 is 0 Å². The molecule has 18 heavy (non-hydrogen) atoms. The molecule has 0 unspecified atom stereocenters. The van der Waals surface area contributed by atoms with Gasteiger partial charge in [-0.1, -0.05) is 13.0 Å². The Kier molecular flexibility index (Phi) is 4.66. The maximum atomic E-state index is 4.60. The fraction of sp³-hybridized carbons (Fsp3) is 0.385. The topological polar surface area (TPSA) is 41.0 Å². The van der Waals surface area contributed by atoms with Crippen LogP contribution in [0.4, 0.5) is 5.13 Å². The predicted molar refractivity (Wildman–Crippen MR) is 75.8 cm³/mol. The predicted octanol–water partition coefficient (Wildman–Crippen LogP) is 2.28. The average molecular weight is 262 g/mol. The van der Waals surface area contributed by atoms with Crippen molar-refractivity contribution >= 4 is 16.5 Å². The first-order valence-corrected chi connectivity index (χ1v) is 6.93. The monoisotopic (exact) mass is 262 g/mol. The van der Waals surface area contributed by atoms with Crippen LogP contribution >= 0.6 is 11.3 Å². The van der Waals surface area contributed by atoms with Crippen LogP contribution in [0, 0.1) is 0 Å². The quantitative estimate of drug-likeness (QED) is 0.867. The van der Waals surface area contributed by atoms with Crippen molar-refractivity contribution in [1.29, 1.82) is 0 Å². The van der Waals surface area contributed by atoms with Crippen LogP contribution in [0.25, 0.3) is 0 Å². The van der Waals surface area contributed by atoms with Crippen molar-refractivity contribution in [3.8, 4) is 0 Å². The molecule has 0 fully saturated rings. The summed E-state index contributed by atoms with van der Waals surface area (Å²) in [5.41, 5.74) is 2.16. The molecule has 0 bridgehead atoms.